The molecule has 3 fully saturated rings. The normalized spacial score (nSPS) is 20.6. The second kappa shape index (κ2) is 11.2. The van der Waals surface area contributed by atoms with Gasteiger partial charge in [-0.15, -0.1) is 0 Å². The van der Waals surface area contributed by atoms with Crippen molar-refractivity contribution in [1.82, 2.24) is 15.0 Å². The fourth-order valence-corrected chi connectivity index (χ4v) is 6.40. The Morgan fingerprint density at radius 2 is 1.95 bits per heavy atom. The van der Waals surface area contributed by atoms with E-state index in [0.29, 0.717) is 58.4 Å². The van der Waals surface area contributed by atoms with Crippen molar-refractivity contribution < 1.29 is 32.5 Å². The fourth-order valence-electron chi connectivity index (χ4n) is 6.40. The molecule has 0 radical (unpaired) electrons. The van der Waals surface area contributed by atoms with Gasteiger partial charge in [-0.25, -0.2) is 8.78 Å². The van der Waals surface area contributed by atoms with Crippen LogP contribution in [0.15, 0.2) is 30.5 Å². The Labute approximate surface area is 253 Å². The summed E-state index contributed by atoms with van der Waals surface area (Å²) in [5.41, 5.74) is 0.0886. The first-order valence-electron chi connectivity index (χ1n) is 15.1. The first-order valence-corrected chi connectivity index (χ1v) is 15.1. The zero-order valence-electron chi connectivity index (χ0n) is 24.8. The van der Waals surface area contributed by atoms with E-state index < -0.39 is 11.2 Å². The molecule has 3 aliphatic rings. The number of carbonyl (C=O) groups excluding carboxylic acids is 1. The third-order valence-electron chi connectivity index (χ3n) is 9.17. The van der Waals surface area contributed by atoms with Crippen molar-refractivity contribution in [2.24, 2.45) is 5.41 Å². The molecule has 0 amide bonds. The van der Waals surface area contributed by atoms with Gasteiger partial charge in [-0.2, -0.15) is 9.97 Å². The lowest BCUT2D eigenvalue weighted by atomic mass is 9.86. The maximum atomic E-state index is 16.8. The predicted octanol–water partition coefficient (Wildman–Crippen LogP) is 5.79. The number of carbonyl (C=O) groups is 1. The molecule has 1 unspecified atom stereocenters. The lowest BCUT2D eigenvalue weighted by molar-refractivity contribution is -0.151. The maximum absolute atomic E-state index is 16.8. The van der Waals surface area contributed by atoms with E-state index in [4.69, 9.17) is 23.9 Å². The van der Waals surface area contributed by atoms with Crippen molar-refractivity contribution in [2.75, 3.05) is 45.1 Å². The molecular formula is C33H34F2N4O5. The van der Waals surface area contributed by atoms with Crippen LogP contribution in [0.5, 0.6) is 11.8 Å². The highest BCUT2D eigenvalue weighted by atomic mass is 19.1. The van der Waals surface area contributed by atoms with Gasteiger partial charge >= 0.3 is 6.01 Å². The number of pyridine rings is 1. The van der Waals surface area contributed by atoms with E-state index >= 15 is 8.78 Å². The average Bonchev–Trinajstić information content (AvgIpc) is 3.82. The number of fused-ring (bicyclic) bond motifs is 2. The minimum Gasteiger partial charge on any atom is -0.468 e. The maximum Gasteiger partial charge on any atom is 0.319 e. The summed E-state index contributed by atoms with van der Waals surface area (Å²) in [6.07, 6.45) is 7.16. The largest absolute Gasteiger partial charge is 0.468 e. The predicted molar refractivity (Wildman–Crippen MR) is 160 cm³/mol. The van der Waals surface area contributed by atoms with Gasteiger partial charge in [0.15, 0.2) is 12.6 Å². The van der Waals surface area contributed by atoms with E-state index in [0.717, 1.165) is 45.0 Å². The molecule has 2 saturated heterocycles. The number of aryl methyl sites for hydroxylation is 1. The third-order valence-corrected chi connectivity index (χ3v) is 9.17. The second-order valence-corrected chi connectivity index (χ2v) is 12.1. The summed E-state index contributed by atoms with van der Waals surface area (Å²) < 4.78 is 54.7. The van der Waals surface area contributed by atoms with Gasteiger partial charge in [-0.1, -0.05) is 13.0 Å². The molecule has 7 rings (SSSR count). The number of piperidine rings is 1. The highest BCUT2D eigenvalue weighted by Gasteiger charge is 2.45. The molecule has 2 aromatic heterocycles. The molecule has 2 aliphatic heterocycles. The summed E-state index contributed by atoms with van der Waals surface area (Å²) in [4.78, 5) is 27.6. The first kappa shape index (κ1) is 28.8. The van der Waals surface area contributed by atoms with E-state index in [1.165, 1.54) is 13.2 Å². The van der Waals surface area contributed by atoms with Crippen molar-refractivity contribution in [3.63, 3.8) is 0 Å². The average molecular weight is 605 g/mol. The Morgan fingerprint density at radius 3 is 2.66 bits per heavy atom. The number of aromatic nitrogens is 3. The van der Waals surface area contributed by atoms with Crippen molar-refractivity contribution in [1.29, 1.82) is 0 Å². The Bertz CT molecular complexity index is 1760. The van der Waals surface area contributed by atoms with Crippen LogP contribution in [-0.2, 0) is 20.7 Å². The van der Waals surface area contributed by atoms with Crippen LogP contribution in [0.25, 0.3) is 32.9 Å². The monoisotopic (exact) mass is 604 g/mol. The molecule has 4 aromatic rings. The van der Waals surface area contributed by atoms with Gasteiger partial charge in [0.2, 0.25) is 0 Å². The molecule has 4 heterocycles. The van der Waals surface area contributed by atoms with Crippen LogP contribution in [0.2, 0.25) is 0 Å². The molecular weight excluding hydrogens is 570 g/mol. The van der Waals surface area contributed by atoms with E-state index in [9.17, 15) is 4.79 Å². The van der Waals surface area contributed by atoms with Crippen molar-refractivity contribution in [2.45, 2.75) is 51.0 Å². The Morgan fingerprint density at radius 1 is 1.11 bits per heavy atom. The van der Waals surface area contributed by atoms with E-state index in [2.05, 4.69) is 14.9 Å². The summed E-state index contributed by atoms with van der Waals surface area (Å²) in [7, 11) is 1.51. The molecule has 44 heavy (non-hydrogen) atoms. The lowest BCUT2D eigenvalue weighted by Gasteiger charge is -2.48. The van der Waals surface area contributed by atoms with Crippen LogP contribution in [0.3, 0.4) is 0 Å². The fraction of sp³-hybridized carbons (Fsp3) is 0.455. The molecule has 0 bridgehead atoms. The van der Waals surface area contributed by atoms with Crippen LogP contribution in [0.1, 0.15) is 44.6 Å². The minimum absolute atomic E-state index is 0.00487. The van der Waals surface area contributed by atoms with E-state index in [1.54, 1.807) is 24.4 Å². The van der Waals surface area contributed by atoms with Crippen LogP contribution in [-0.4, -0.2) is 67.0 Å². The highest BCUT2D eigenvalue weighted by Crippen LogP contribution is 2.44. The summed E-state index contributed by atoms with van der Waals surface area (Å²) in [5.74, 6) is -0.124. The van der Waals surface area contributed by atoms with Crippen LogP contribution >= 0.6 is 0 Å². The third kappa shape index (κ3) is 5.01. The van der Waals surface area contributed by atoms with Gasteiger partial charge in [-0.3, -0.25) is 4.98 Å². The number of halogens is 2. The molecule has 1 spiro atoms. The summed E-state index contributed by atoms with van der Waals surface area (Å²) >= 11 is 0. The number of methoxy groups -OCH3 is 1. The summed E-state index contributed by atoms with van der Waals surface area (Å²) in [6, 6.07) is 6.47. The molecule has 1 aliphatic carbocycles. The number of hydrogen-bond acceptors (Lipinski definition) is 9. The molecule has 11 heteroatoms. The van der Waals surface area contributed by atoms with Gasteiger partial charge in [0.05, 0.1) is 23.0 Å². The van der Waals surface area contributed by atoms with Crippen LogP contribution in [0.4, 0.5) is 14.6 Å². The van der Waals surface area contributed by atoms with Gasteiger partial charge in [0.25, 0.3) is 0 Å². The molecule has 1 atom stereocenters. The van der Waals surface area contributed by atoms with E-state index in [-0.39, 0.29) is 42.0 Å². The topological polar surface area (TPSA) is 95.9 Å². The van der Waals surface area contributed by atoms with Crippen molar-refractivity contribution in [3.05, 3.63) is 47.7 Å². The lowest BCUT2D eigenvalue weighted by Crippen LogP contribution is -2.56. The van der Waals surface area contributed by atoms with E-state index in [1.807, 2.05) is 6.92 Å². The Hall–Kier alpha value is -3.96. The number of ether oxygens (including phenoxy) is 4. The summed E-state index contributed by atoms with van der Waals surface area (Å²) in [6.45, 7) is 4.01. The summed E-state index contributed by atoms with van der Waals surface area (Å²) in [5, 5.41) is 1.67. The van der Waals surface area contributed by atoms with Gasteiger partial charge < -0.3 is 28.6 Å². The molecule has 9 nitrogen and oxygen atoms in total. The van der Waals surface area contributed by atoms with Crippen molar-refractivity contribution in [3.8, 4) is 23.0 Å². The quantitative estimate of drug-likeness (QED) is 0.165. The number of benzene rings is 2. The molecule has 230 valence electrons. The van der Waals surface area contributed by atoms with Gasteiger partial charge in [0, 0.05) is 38.4 Å². The van der Waals surface area contributed by atoms with Gasteiger partial charge in [-0.05, 0) is 66.6 Å². The first-order chi connectivity index (χ1) is 21.4. The molecule has 2 aromatic carbocycles. The number of anilines is 1. The minimum atomic E-state index is -0.685. The number of rotatable bonds is 10. The highest BCUT2D eigenvalue weighted by molar-refractivity contribution is 6.01. The zero-order chi connectivity index (χ0) is 30.5. The second-order valence-electron chi connectivity index (χ2n) is 12.1. The van der Waals surface area contributed by atoms with Crippen LogP contribution < -0.4 is 14.4 Å². The van der Waals surface area contributed by atoms with Crippen molar-refractivity contribution >= 4 is 33.8 Å². The SMILES string of the molecule is CCc1c(F)ccc2cc(OCOC)cc(-c3ncc4c(N5CCCC6(CCO6)C5)nc(OCC5(C=O)CC5)nc4c3F)c12. The standard InChI is InChI=1S/C33H34F2N4O5/c1-3-22-25(34)6-5-20-13-21(43-19-41-2)14-23(26(20)22)28-27(35)29-24(15-36-28)30(39-11-4-7-33(16-39)10-12-44-33)38-31(37-29)42-18-32(17-40)8-9-32/h5-6,13-15,17H,3-4,7-12,16,18-19H2,1-2H3. The Kier molecular flexibility index (Phi) is 7.32. The number of aldehydes is 1. The zero-order valence-corrected chi connectivity index (χ0v) is 24.8. The number of hydrogen-bond donors (Lipinski definition) is 0. The molecule has 1 saturated carbocycles. The molecule has 0 N–H and O–H groups in total. The number of nitrogens with zero attached hydrogens (tertiary/aromatic N) is 4. The van der Waals surface area contributed by atoms with Crippen LogP contribution in [0, 0.1) is 17.0 Å². The van der Waals surface area contributed by atoms with Gasteiger partial charge in [0.1, 0.15) is 41.5 Å². The smallest absolute Gasteiger partial charge is 0.319 e. The Balaban J connectivity index is 1.40.